The number of hydrogen-bond acceptors (Lipinski definition) is 2. The van der Waals surface area contributed by atoms with Crippen LogP contribution in [0.5, 0.6) is 0 Å². The smallest absolute Gasteiger partial charge is 0.357 e. The Morgan fingerprint density at radius 2 is 2.25 bits per heavy atom. The number of carboxylic acids is 1. The number of aromatic carboxylic acids is 1. The van der Waals surface area contributed by atoms with Crippen LogP contribution in [0.4, 0.5) is 13.3 Å². The molecule has 0 aliphatic rings. The fourth-order valence-corrected chi connectivity index (χ4v) is 0.625. The Morgan fingerprint density at radius 3 is 2.50 bits per heavy atom. The summed E-state index contributed by atoms with van der Waals surface area (Å²) in [7, 11) is 0. The maximum atomic E-state index is 12.3. The van der Waals surface area contributed by atoms with Gasteiger partial charge in [0.2, 0.25) is 0 Å². The summed E-state index contributed by atoms with van der Waals surface area (Å²) >= 11 is 0. The quantitative estimate of drug-likeness (QED) is 0.745. The van der Waals surface area contributed by atoms with Crippen LogP contribution in [-0.2, 0) is 0 Å². The summed E-state index contributed by atoms with van der Waals surface area (Å²) in [6.07, 6.45) is -2.97. The van der Waals surface area contributed by atoms with E-state index in [1.54, 1.807) is 0 Å². The second-order valence-corrected chi connectivity index (χ2v) is 1.92. The Balaban J connectivity index is 3.09. The molecule has 1 N–H and O–H groups in total. The normalized spacial score (nSPS) is 10.7. The molecule has 0 amide bonds. The SMILES string of the molecule is O=C(O)c1cc(C(F)F)nn1F. The number of carbonyl (C=O) groups is 1. The van der Waals surface area contributed by atoms with E-state index in [1.165, 1.54) is 0 Å². The fourth-order valence-electron chi connectivity index (χ4n) is 0.625. The maximum Gasteiger partial charge on any atom is 0.357 e. The number of nitrogens with zero attached hydrogens (tertiary/aromatic N) is 2. The number of carboxylic acid groups (broad SMARTS) is 1. The van der Waals surface area contributed by atoms with Crippen molar-refractivity contribution in [2.45, 2.75) is 6.43 Å². The van der Waals surface area contributed by atoms with E-state index < -0.39 is 28.7 Å². The molecule has 0 unspecified atom stereocenters. The zero-order valence-electron chi connectivity index (χ0n) is 5.54. The molecule has 1 aromatic heterocycles. The largest absolute Gasteiger partial charge is 0.476 e. The third-order valence-corrected chi connectivity index (χ3v) is 1.13. The molecule has 12 heavy (non-hydrogen) atoms. The molecule has 0 saturated carbocycles. The molecule has 0 aliphatic carbocycles. The monoisotopic (exact) mass is 180 g/mol. The van der Waals surface area contributed by atoms with Crippen LogP contribution in [0.15, 0.2) is 6.07 Å². The van der Waals surface area contributed by atoms with Crippen molar-refractivity contribution in [3.8, 4) is 0 Å². The number of hydrogen-bond donors (Lipinski definition) is 1. The first-order valence-corrected chi connectivity index (χ1v) is 2.80. The van der Waals surface area contributed by atoms with Gasteiger partial charge >= 0.3 is 5.97 Å². The molecule has 66 valence electrons. The van der Waals surface area contributed by atoms with E-state index in [1.807, 2.05) is 0 Å². The predicted octanol–water partition coefficient (Wildman–Crippen LogP) is 1.25. The molecule has 0 fully saturated rings. The summed E-state index contributed by atoms with van der Waals surface area (Å²) in [4.78, 5) is 9.52. The predicted molar refractivity (Wildman–Crippen MR) is 30.6 cm³/mol. The van der Waals surface area contributed by atoms with E-state index in [4.69, 9.17) is 5.11 Å². The summed E-state index contributed by atoms with van der Waals surface area (Å²) in [6.45, 7) is 0. The van der Waals surface area contributed by atoms with Gasteiger partial charge in [0.1, 0.15) is 5.69 Å². The Kier molecular flexibility index (Phi) is 2.03. The van der Waals surface area contributed by atoms with E-state index in [0.717, 1.165) is 0 Å². The van der Waals surface area contributed by atoms with Gasteiger partial charge in [0.05, 0.1) is 0 Å². The van der Waals surface area contributed by atoms with Gasteiger partial charge in [0.15, 0.2) is 5.69 Å². The number of alkyl halides is 2. The Labute approximate surface area is 64.2 Å². The van der Waals surface area contributed by atoms with Gasteiger partial charge in [-0.3, -0.25) is 0 Å². The Bertz CT molecular complexity index is 310. The minimum absolute atomic E-state index is 0.479. The van der Waals surface area contributed by atoms with Crippen LogP contribution in [0.2, 0.25) is 0 Å². The molecule has 0 saturated heterocycles. The van der Waals surface area contributed by atoms with E-state index in [9.17, 15) is 18.1 Å². The molecule has 0 aromatic carbocycles. The zero-order chi connectivity index (χ0) is 9.30. The van der Waals surface area contributed by atoms with Gasteiger partial charge in [-0.2, -0.15) is 0 Å². The summed E-state index contributed by atoms with van der Waals surface area (Å²) in [5.74, 6) is -1.64. The summed E-state index contributed by atoms with van der Waals surface area (Å²) in [6, 6.07) is 0.479. The third-order valence-electron chi connectivity index (χ3n) is 1.13. The molecule has 1 aromatic rings. The van der Waals surface area contributed by atoms with E-state index in [-0.39, 0.29) is 0 Å². The highest BCUT2D eigenvalue weighted by molar-refractivity contribution is 5.85. The Hall–Kier alpha value is -1.53. The molecular weight excluding hydrogens is 177 g/mol. The summed E-state index contributed by atoms with van der Waals surface area (Å²) in [5, 5.41) is 10.9. The Morgan fingerprint density at radius 1 is 1.67 bits per heavy atom. The maximum absolute atomic E-state index is 12.3. The van der Waals surface area contributed by atoms with Crippen molar-refractivity contribution in [2.24, 2.45) is 0 Å². The average Bonchev–Trinajstić information content (AvgIpc) is 2.30. The minimum Gasteiger partial charge on any atom is -0.476 e. The van der Waals surface area contributed by atoms with Gasteiger partial charge in [-0.25, -0.2) is 13.6 Å². The van der Waals surface area contributed by atoms with E-state index in [0.29, 0.717) is 6.07 Å². The lowest BCUT2D eigenvalue weighted by atomic mass is 10.4. The first kappa shape index (κ1) is 8.57. The molecule has 1 rings (SSSR count). The van der Waals surface area contributed by atoms with Crippen LogP contribution in [0, 0.1) is 0 Å². The lowest BCUT2D eigenvalue weighted by Crippen LogP contribution is -2.01. The molecule has 0 spiro atoms. The van der Waals surface area contributed by atoms with Gasteiger partial charge in [-0.1, -0.05) is 9.39 Å². The number of halogens is 3. The van der Waals surface area contributed by atoms with Gasteiger partial charge in [-0.15, -0.1) is 5.10 Å². The molecular formula is C5H3F3N2O2. The summed E-state index contributed by atoms with van der Waals surface area (Å²) in [5.41, 5.74) is -1.81. The van der Waals surface area contributed by atoms with Crippen LogP contribution < -0.4 is 0 Å². The molecule has 0 atom stereocenters. The van der Waals surface area contributed by atoms with Crippen molar-refractivity contribution in [1.82, 2.24) is 10.0 Å². The zero-order valence-corrected chi connectivity index (χ0v) is 5.54. The number of rotatable bonds is 2. The minimum atomic E-state index is -2.97. The fraction of sp³-hybridized carbons (Fsp3) is 0.200. The third kappa shape index (κ3) is 1.39. The highest BCUT2D eigenvalue weighted by Gasteiger charge is 2.19. The van der Waals surface area contributed by atoms with Gasteiger partial charge in [0.25, 0.3) is 6.43 Å². The van der Waals surface area contributed by atoms with Crippen LogP contribution in [0.3, 0.4) is 0 Å². The highest BCUT2D eigenvalue weighted by atomic mass is 19.3. The molecule has 0 bridgehead atoms. The lowest BCUT2D eigenvalue weighted by molar-refractivity contribution is 0.0667. The van der Waals surface area contributed by atoms with Gasteiger partial charge in [-0.05, 0) is 0 Å². The first-order valence-electron chi connectivity index (χ1n) is 2.80. The molecule has 4 nitrogen and oxygen atoms in total. The van der Waals surface area contributed by atoms with Gasteiger partial charge in [0, 0.05) is 6.07 Å². The van der Waals surface area contributed by atoms with E-state index in [2.05, 4.69) is 5.10 Å². The van der Waals surface area contributed by atoms with Crippen LogP contribution >= 0.6 is 0 Å². The van der Waals surface area contributed by atoms with Crippen molar-refractivity contribution in [3.05, 3.63) is 17.5 Å². The molecule has 1 heterocycles. The molecule has 0 aliphatic heterocycles. The molecule has 7 heteroatoms. The van der Waals surface area contributed by atoms with Crippen molar-refractivity contribution in [3.63, 3.8) is 0 Å². The topological polar surface area (TPSA) is 55.1 Å². The summed E-state index contributed by atoms with van der Waals surface area (Å²) < 4.78 is 35.9. The number of aromatic nitrogens is 2. The van der Waals surface area contributed by atoms with Crippen LogP contribution in [0.1, 0.15) is 22.6 Å². The average molecular weight is 180 g/mol. The highest BCUT2D eigenvalue weighted by Crippen LogP contribution is 2.18. The molecule has 0 radical (unpaired) electrons. The lowest BCUT2D eigenvalue weighted by Gasteiger charge is -1.86. The van der Waals surface area contributed by atoms with Crippen molar-refractivity contribution in [1.29, 1.82) is 0 Å². The van der Waals surface area contributed by atoms with E-state index >= 15 is 0 Å². The van der Waals surface area contributed by atoms with Crippen molar-refractivity contribution in [2.75, 3.05) is 0 Å². The standard InChI is InChI=1S/C5H3F3N2O2/c6-4(7)2-1-3(5(11)12)10(8)9-2/h1,4H,(H,11,12). The van der Waals surface area contributed by atoms with Crippen molar-refractivity contribution < 1.29 is 23.2 Å². The van der Waals surface area contributed by atoms with Gasteiger partial charge < -0.3 is 5.11 Å². The van der Waals surface area contributed by atoms with Crippen LogP contribution in [-0.4, -0.2) is 21.1 Å². The van der Waals surface area contributed by atoms with Crippen LogP contribution in [0.25, 0.3) is 0 Å². The second-order valence-electron chi connectivity index (χ2n) is 1.92. The van der Waals surface area contributed by atoms with Crippen molar-refractivity contribution >= 4 is 5.97 Å². The first-order chi connectivity index (χ1) is 5.52. The second kappa shape index (κ2) is 2.84.